The zero-order chi connectivity index (χ0) is 9.14. The largest absolute Gasteiger partial charge is 0.465 e. The third-order valence-electron chi connectivity index (χ3n) is 1.38. The summed E-state index contributed by atoms with van der Waals surface area (Å²) in [5.74, 6) is 0. The molecule has 1 N–H and O–H groups in total. The summed E-state index contributed by atoms with van der Waals surface area (Å²) in [4.78, 5) is 15.9. The van der Waals surface area contributed by atoms with Crippen LogP contribution in [0.4, 0.5) is 9.93 Å². The van der Waals surface area contributed by atoms with E-state index in [2.05, 4.69) is 4.98 Å². The molecule has 1 amide bonds. The van der Waals surface area contributed by atoms with Crippen LogP contribution in [0, 0.1) is 6.92 Å². The molecule has 0 saturated heterocycles. The van der Waals surface area contributed by atoms with Crippen LogP contribution in [-0.2, 0) is 0 Å². The van der Waals surface area contributed by atoms with Crippen molar-refractivity contribution in [3.05, 3.63) is 11.1 Å². The van der Waals surface area contributed by atoms with Crippen molar-refractivity contribution in [1.82, 2.24) is 4.98 Å². The Balaban J connectivity index is 2.87. The quantitative estimate of drug-likeness (QED) is 0.768. The first-order valence-electron chi connectivity index (χ1n) is 3.57. The zero-order valence-corrected chi connectivity index (χ0v) is 7.76. The molecule has 4 nitrogen and oxygen atoms in total. The van der Waals surface area contributed by atoms with E-state index in [1.807, 2.05) is 12.3 Å². The molecule has 0 aliphatic carbocycles. The third-order valence-corrected chi connectivity index (χ3v) is 2.37. The average Bonchev–Trinajstić information content (AvgIpc) is 2.37. The van der Waals surface area contributed by atoms with Gasteiger partial charge in [0, 0.05) is 11.9 Å². The minimum absolute atomic E-state index is 0.433. The topological polar surface area (TPSA) is 53.4 Å². The van der Waals surface area contributed by atoms with Gasteiger partial charge in [0.2, 0.25) is 0 Å². The van der Waals surface area contributed by atoms with E-state index in [1.165, 1.54) is 16.2 Å². The molecule has 0 aromatic carbocycles. The van der Waals surface area contributed by atoms with Gasteiger partial charge in [-0.15, -0.1) is 11.3 Å². The number of thiazole rings is 1. The fourth-order valence-electron chi connectivity index (χ4n) is 0.818. The summed E-state index contributed by atoms with van der Waals surface area (Å²) in [6.45, 7) is 4.06. The van der Waals surface area contributed by atoms with Crippen molar-refractivity contribution < 1.29 is 9.90 Å². The van der Waals surface area contributed by atoms with Crippen molar-refractivity contribution in [3.63, 3.8) is 0 Å². The maximum absolute atomic E-state index is 10.6. The summed E-state index contributed by atoms with van der Waals surface area (Å²) < 4.78 is 0. The van der Waals surface area contributed by atoms with Gasteiger partial charge in [-0.1, -0.05) is 0 Å². The highest BCUT2D eigenvalue weighted by Gasteiger charge is 2.14. The van der Waals surface area contributed by atoms with Gasteiger partial charge in [-0.2, -0.15) is 0 Å². The minimum Gasteiger partial charge on any atom is -0.465 e. The third kappa shape index (κ3) is 1.73. The summed E-state index contributed by atoms with van der Waals surface area (Å²) >= 11 is 1.34. The normalized spacial score (nSPS) is 9.83. The molecule has 1 aromatic rings. The van der Waals surface area contributed by atoms with Crippen molar-refractivity contribution in [1.29, 1.82) is 0 Å². The fourth-order valence-corrected chi connectivity index (χ4v) is 1.68. The summed E-state index contributed by atoms with van der Waals surface area (Å²) in [5, 5.41) is 11.1. The Hall–Kier alpha value is -1.10. The van der Waals surface area contributed by atoms with E-state index in [9.17, 15) is 4.79 Å². The number of carbonyl (C=O) groups is 1. The molecule has 0 unspecified atom stereocenters. The summed E-state index contributed by atoms with van der Waals surface area (Å²) in [5.41, 5.74) is 0.856. The second-order valence-electron chi connectivity index (χ2n) is 2.30. The molecule has 0 spiro atoms. The molecule has 0 bridgehead atoms. The van der Waals surface area contributed by atoms with Gasteiger partial charge in [0.05, 0.1) is 5.69 Å². The molecule has 1 rings (SSSR count). The van der Waals surface area contributed by atoms with Crippen molar-refractivity contribution in [2.24, 2.45) is 0 Å². The summed E-state index contributed by atoms with van der Waals surface area (Å²) in [6.07, 6.45) is -0.952. The molecular weight excluding hydrogens is 176 g/mol. The first kappa shape index (κ1) is 8.99. The van der Waals surface area contributed by atoms with Crippen molar-refractivity contribution >= 4 is 22.6 Å². The van der Waals surface area contributed by atoms with E-state index >= 15 is 0 Å². The molecule has 1 heterocycles. The van der Waals surface area contributed by atoms with Crippen LogP contribution >= 0.6 is 11.3 Å². The summed E-state index contributed by atoms with van der Waals surface area (Å²) in [7, 11) is 0. The molecule has 0 atom stereocenters. The van der Waals surface area contributed by atoms with Gasteiger partial charge in [-0.05, 0) is 13.8 Å². The smallest absolute Gasteiger partial charge is 0.413 e. The number of aryl methyl sites for hydroxylation is 1. The number of carboxylic acid groups (broad SMARTS) is 1. The number of amides is 1. The van der Waals surface area contributed by atoms with E-state index < -0.39 is 6.09 Å². The van der Waals surface area contributed by atoms with E-state index in [1.54, 1.807) is 6.92 Å². The Bertz CT molecular complexity index is 285. The molecule has 0 fully saturated rings. The molecule has 0 aliphatic rings. The lowest BCUT2D eigenvalue weighted by atomic mass is 10.6. The number of aromatic nitrogens is 1. The maximum Gasteiger partial charge on any atom is 0.413 e. The number of anilines is 1. The lowest BCUT2D eigenvalue weighted by Gasteiger charge is -2.11. The Morgan fingerprint density at radius 3 is 2.83 bits per heavy atom. The van der Waals surface area contributed by atoms with Crippen LogP contribution in [0.15, 0.2) is 5.38 Å². The molecule has 5 heteroatoms. The van der Waals surface area contributed by atoms with E-state index in [0.29, 0.717) is 11.7 Å². The number of rotatable bonds is 2. The van der Waals surface area contributed by atoms with Crippen LogP contribution in [0.2, 0.25) is 0 Å². The first-order chi connectivity index (χ1) is 5.65. The second kappa shape index (κ2) is 3.53. The van der Waals surface area contributed by atoms with Crippen LogP contribution in [0.3, 0.4) is 0 Å². The first-order valence-corrected chi connectivity index (χ1v) is 4.45. The Kier molecular flexibility index (Phi) is 2.65. The molecule has 12 heavy (non-hydrogen) atoms. The number of hydrogen-bond donors (Lipinski definition) is 1. The molecule has 1 aromatic heterocycles. The molecule has 0 saturated carbocycles. The average molecular weight is 186 g/mol. The second-order valence-corrected chi connectivity index (χ2v) is 3.13. The zero-order valence-electron chi connectivity index (χ0n) is 6.94. The minimum atomic E-state index is -0.952. The highest BCUT2D eigenvalue weighted by molar-refractivity contribution is 7.14. The molecule has 66 valence electrons. The van der Waals surface area contributed by atoms with Crippen molar-refractivity contribution in [3.8, 4) is 0 Å². The Labute approximate surface area is 74.5 Å². The fraction of sp³-hybridized carbons (Fsp3) is 0.429. The van der Waals surface area contributed by atoms with Gasteiger partial charge < -0.3 is 5.11 Å². The van der Waals surface area contributed by atoms with E-state index in [-0.39, 0.29) is 0 Å². The van der Waals surface area contributed by atoms with Crippen molar-refractivity contribution in [2.45, 2.75) is 13.8 Å². The summed E-state index contributed by atoms with van der Waals surface area (Å²) in [6, 6.07) is 0. The van der Waals surface area contributed by atoms with E-state index in [0.717, 1.165) is 5.69 Å². The predicted molar refractivity (Wildman–Crippen MR) is 47.9 cm³/mol. The number of nitrogens with zero attached hydrogens (tertiary/aromatic N) is 2. The lowest BCUT2D eigenvalue weighted by Crippen LogP contribution is -2.28. The number of hydrogen-bond acceptors (Lipinski definition) is 3. The van der Waals surface area contributed by atoms with Gasteiger partial charge in [0.15, 0.2) is 5.13 Å². The molecule has 0 radical (unpaired) electrons. The predicted octanol–water partition coefficient (Wildman–Crippen LogP) is 1.96. The van der Waals surface area contributed by atoms with E-state index in [4.69, 9.17) is 5.11 Å². The van der Waals surface area contributed by atoms with Gasteiger partial charge in [-0.3, -0.25) is 4.90 Å². The molecular formula is C7H10N2O2S. The standard InChI is InChI=1S/C7H10N2O2S/c1-3-9(7(10)11)6-8-5(2)4-12-6/h4H,3H2,1-2H3,(H,10,11). The highest BCUT2D eigenvalue weighted by Crippen LogP contribution is 2.19. The van der Waals surface area contributed by atoms with Gasteiger partial charge in [0.1, 0.15) is 0 Å². The molecule has 0 aliphatic heterocycles. The van der Waals surface area contributed by atoms with Crippen molar-refractivity contribution in [2.75, 3.05) is 11.4 Å². The van der Waals surface area contributed by atoms with Gasteiger partial charge in [-0.25, -0.2) is 9.78 Å². The lowest BCUT2D eigenvalue weighted by molar-refractivity contribution is 0.202. The van der Waals surface area contributed by atoms with Gasteiger partial charge in [0.25, 0.3) is 0 Å². The highest BCUT2D eigenvalue weighted by atomic mass is 32.1. The Morgan fingerprint density at radius 1 is 1.83 bits per heavy atom. The van der Waals surface area contributed by atoms with Crippen LogP contribution in [-0.4, -0.2) is 22.7 Å². The van der Waals surface area contributed by atoms with Crippen LogP contribution < -0.4 is 4.90 Å². The van der Waals surface area contributed by atoms with Gasteiger partial charge >= 0.3 is 6.09 Å². The SMILES string of the molecule is CCN(C(=O)O)c1nc(C)cs1. The monoisotopic (exact) mass is 186 g/mol. The van der Waals surface area contributed by atoms with Crippen LogP contribution in [0.1, 0.15) is 12.6 Å². The van der Waals surface area contributed by atoms with Crippen LogP contribution in [0.5, 0.6) is 0 Å². The maximum atomic E-state index is 10.6. The Morgan fingerprint density at radius 2 is 2.50 bits per heavy atom. The van der Waals surface area contributed by atoms with Crippen LogP contribution in [0.25, 0.3) is 0 Å².